The summed E-state index contributed by atoms with van der Waals surface area (Å²) in [4.78, 5) is 15.1. The highest BCUT2D eigenvalue weighted by molar-refractivity contribution is 5.69. The SMILES string of the molecule is Cn1cc(CN2CCCN(CC(=O)O)CC2)cn1. The van der Waals surface area contributed by atoms with Crippen molar-refractivity contribution in [3.63, 3.8) is 0 Å². The Morgan fingerprint density at radius 3 is 2.72 bits per heavy atom. The molecule has 0 aliphatic carbocycles. The third kappa shape index (κ3) is 3.82. The zero-order valence-corrected chi connectivity index (χ0v) is 10.7. The molecule has 0 bridgehead atoms. The Balaban J connectivity index is 1.83. The highest BCUT2D eigenvalue weighted by atomic mass is 16.4. The molecule has 2 rings (SSSR count). The van der Waals surface area contributed by atoms with Gasteiger partial charge in [-0.25, -0.2) is 0 Å². The fraction of sp³-hybridized carbons (Fsp3) is 0.667. The van der Waals surface area contributed by atoms with Crippen LogP contribution in [-0.4, -0.2) is 63.4 Å². The number of carbonyl (C=O) groups is 1. The second-order valence-electron chi connectivity index (χ2n) is 4.82. The van der Waals surface area contributed by atoms with Gasteiger partial charge in [0.2, 0.25) is 0 Å². The Bertz CT molecular complexity index is 405. The Labute approximate surface area is 107 Å². The van der Waals surface area contributed by atoms with Gasteiger partial charge in [-0.05, 0) is 13.0 Å². The lowest BCUT2D eigenvalue weighted by molar-refractivity contribution is -0.138. The minimum Gasteiger partial charge on any atom is -0.480 e. The maximum atomic E-state index is 10.7. The fourth-order valence-corrected chi connectivity index (χ4v) is 2.34. The van der Waals surface area contributed by atoms with Crippen LogP contribution in [0.1, 0.15) is 12.0 Å². The summed E-state index contributed by atoms with van der Waals surface area (Å²) in [6, 6.07) is 0. The highest BCUT2D eigenvalue weighted by Crippen LogP contribution is 2.08. The van der Waals surface area contributed by atoms with Gasteiger partial charge in [0.15, 0.2) is 0 Å². The van der Waals surface area contributed by atoms with Gasteiger partial charge >= 0.3 is 5.97 Å². The molecule has 1 aliphatic rings. The van der Waals surface area contributed by atoms with Crippen LogP contribution in [0.15, 0.2) is 12.4 Å². The first kappa shape index (κ1) is 13.0. The molecule has 100 valence electrons. The lowest BCUT2D eigenvalue weighted by atomic mass is 10.3. The van der Waals surface area contributed by atoms with E-state index in [1.807, 2.05) is 29.0 Å². The molecule has 0 amide bonds. The summed E-state index contributed by atoms with van der Waals surface area (Å²) >= 11 is 0. The van der Waals surface area contributed by atoms with Gasteiger partial charge in [-0.2, -0.15) is 5.10 Å². The summed E-state index contributed by atoms with van der Waals surface area (Å²) < 4.78 is 1.81. The van der Waals surface area contributed by atoms with E-state index >= 15 is 0 Å². The van der Waals surface area contributed by atoms with Crippen LogP contribution in [0.25, 0.3) is 0 Å². The van der Waals surface area contributed by atoms with Crippen molar-refractivity contribution in [3.05, 3.63) is 18.0 Å². The van der Waals surface area contributed by atoms with Crippen molar-refractivity contribution < 1.29 is 9.90 Å². The molecule has 2 heterocycles. The molecule has 0 unspecified atom stereocenters. The average molecular weight is 252 g/mol. The maximum absolute atomic E-state index is 10.7. The van der Waals surface area contributed by atoms with E-state index in [1.165, 1.54) is 5.56 Å². The number of aliphatic carboxylic acids is 1. The van der Waals surface area contributed by atoms with Gasteiger partial charge in [-0.15, -0.1) is 0 Å². The number of hydrogen-bond donors (Lipinski definition) is 1. The van der Waals surface area contributed by atoms with E-state index in [9.17, 15) is 4.79 Å². The van der Waals surface area contributed by atoms with Crippen molar-refractivity contribution in [2.75, 3.05) is 32.7 Å². The van der Waals surface area contributed by atoms with Crippen LogP contribution >= 0.6 is 0 Å². The van der Waals surface area contributed by atoms with Crippen LogP contribution < -0.4 is 0 Å². The molecular weight excluding hydrogens is 232 g/mol. The Hall–Kier alpha value is -1.40. The van der Waals surface area contributed by atoms with Crippen molar-refractivity contribution in [2.45, 2.75) is 13.0 Å². The number of carboxylic acid groups (broad SMARTS) is 1. The Morgan fingerprint density at radius 1 is 1.33 bits per heavy atom. The van der Waals surface area contributed by atoms with Crippen molar-refractivity contribution in [3.8, 4) is 0 Å². The number of nitrogens with zero attached hydrogens (tertiary/aromatic N) is 4. The van der Waals surface area contributed by atoms with E-state index in [-0.39, 0.29) is 6.54 Å². The van der Waals surface area contributed by atoms with Crippen molar-refractivity contribution in [1.82, 2.24) is 19.6 Å². The number of aromatic nitrogens is 2. The van der Waals surface area contributed by atoms with Crippen LogP contribution in [-0.2, 0) is 18.4 Å². The summed E-state index contributed by atoms with van der Waals surface area (Å²) in [7, 11) is 1.92. The largest absolute Gasteiger partial charge is 0.480 e. The molecule has 6 heteroatoms. The standard InChI is InChI=1S/C12H20N4O2/c1-14-8-11(7-13-14)9-15-3-2-4-16(6-5-15)10-12(17)18/h7-8H,2-6,9-10H2,1H3,(H,17,18). The first-order valence-electron chi connectivity index (χ1n) is 6.27. The second kappa shape index (κ2) is 5.97. The van der Waals surface area contributed by atoms with E-state index in [1.54, 1.807) is 0 Å². The first-order chi connectivity index (χ1) is 8.63. The van der Waals surface area contributed by atoms with Gasteiger partial charge in [0, 0.05) is 45.0 Å². The summed E-state index contributed by atoms with van der Waals surface area (Å²) in [5.41, 5.74) is 1.21. The molecule has 1 N–H and O–H groups in total. The van der Waals surface area contributed by atoms with Gasteiger partial charge in [-0.1, -0.05) is 0 Å². The summed E-state index contributed by atoms with van der Waals surface area (Å²) in [5, 5.41) is 13.0. The highest BCUT2D eigenvalue weighted by Gasteiger charge is 2.16. The third-order valence-electron chi connectivity index (χ3n) is 3.20. The molecule has 1 aromatic rings. The van der Waals surface area contributed by atoms with Gasteiger partial charge in [0.05, 0.1) is 12.7 Å². The van der Waals surface area contributed by atoms with E-state index in [2.05, 4.69) is 10.00 Å². The molecule has 1 aromatic heterocycles. The quantitative estimate of drug-likeness (QED) is 0.818. The molecule has 0 spiro atoms. The first-order valence-corrected chi connectivity index (χ1v) is 6.27. The minimum atomic E-state index is -0.740. The molecule has 0 saturated carbocycles. The molecular formula is C12H20N4O2. The fourth-order valence-electron chi connectivity index (χ4n) is 2.34. The Kier molecular flexibility index (Phi) is 4.33. The molecule has 0 aromatic carbocycles. The lowest BCUT2D eigenvalue weighted by Crippen LogP contribution is -2.33. The van der Waals surface area contributed by atoms with Gasteiger partial charge in [0.1, 0.15) is 0 Å². The average Bonchev–Trinajstić information content (AvgIpc) is 2.57. The second-order valence-corrected chi connectivity index (χ2v) is 4.82. The predicted molar refractivity (Wildman–Crippen MR) is 67.2 cm³/mol. The van der Waals surface area contributed by atoms with Gasteiger partial charge in [-0.3, -0.25) is 19.3 Å². The van der Waals surface area contributed by atoms with Crippen LogP contribution in [0.4, 0.5) is 0 Å². The molecule has 1 aliphatic heterocycles. The summed E-state index contributed by atoms with van der Waals surface area (Å²) in [5.74, 6) is -0.740. The maximum Gasteiger partial charge on any atom is 0.317 e. The molecule has 0 atom stereocenters. The van der Waals surface area contributed by atoms with Crippen LogP contribution in [0.5, 0.6) is 0 Å². The molecule has 1 saturated heterocycles. The zero-order chi connectivity index (χ0) is 13.0. The van der Waals surface area contributed by atoms with Crippen LogP contribution in [0, 0.1) is 0 Å². The third-order valence-corrected chi connectivity index (χ3v) is 3.20. The Morgan fingerprint density at radius 2 is 2.06 bits per heavy atom. The van der Waals surface area contributed by atoms with E-state index < -0.39 is 5.97 Å². The topological polar surface area (TPSA) is 61.6 Å². The van der Waals surface area contributed by atoms with Crippen molar-refractivity contribution >= 4 is 5.97 Å². The van der Waals surface area contributed by atoms with E-state index in [4.69, 9.17) is 5.11 Å². The summed E-state index contributed by atoms with van der Waals surface area (Å²) in [6.07, 6.45) is 4.94. The smallest absolute Gasteiger partial charge is 0.317 e. The monoisotopic (exact) mass is 252 g/mol. The normalized spacial score (nSPS) is 18.7. The predicted octanol–water partition coefficient (Wildman–Crippen LogP) is 0.0124. The molecule has 1 fully saturated rings. The lowest BCUT2D eigenvalue weighted by Gasteiger charge is -2.20. The van der Waals surface area contributed by atoms with E-state index in [0.717, 1.165) is 39.1 Å². The molecule has 0 radical (unpaired) electrons. The van der Waals surface area contributed by atoms with Crippen LogP contribution in [0.2, 0.25) is 0 Å². The summed E-state index contributed by atoms with van der Waals surface area (Å²) in [6.45, 7) is 4.69. The number of hydrogen-bond acceptors (Lipinski definition) is 4. The number of rotatable bonds is 4. The minimum absolute atomic E-state index is 0.154. The number of aryl methyl sites for hydroxylation is 1. The van der Waals surface area contributed by atoms with Crippen molar-refractivity contribution in [1.29, 1.82) is 0 Å². The number of carboxylic acids is 1. The van der Waals surface area contributed by atoms with E-state index in [0.29, 0.717) is 0 Å². The van der Waals surface area contributed by atoms with Crippen LogP contribution in [0.3, 0.4) is 0 Å². The van der Waals surface area contributed by atoms with Gasteiger partial charge in [0.25, 0.3) is 0 Å². The zero-order valence-electron chi connectivity index (χ0n) is 10.7. The molecule has 6 nitrogen and oxygen atoms in total. The van der Waals surface area contributed by atoms with Crippen molar-refractivity contribution in [2.24, 2.45) is 7.05 Å². The molecule has 18 heavy (non-hydrogen) atoms. The van der Waals surface area contributed by atoms with Gasteiger partial charge < -0.3 is 5.11 Å².